The summed E-state index contributed by atoms with van der Waals surface area (Å²) in [5, 5.41) is 0.354. The molecule has 160 valence electrons. The van der Waals surface area contributed by atoms with E-state index in [4.69, 9.17) is 14.2 Å². The van der Waals surface area contributed by atoms with Crippen molar-refractivity contribution in [3.63, 3.8) is 0 Å². The first-order valence-corrected chi connectivity index (χ1v) is 9.89. The summed E-state index contributed by atoms with van der Waals surface area (Å²) in [6.07, 6.45) is 0. The predicted molar refractivity (Wildman–Crippen MR) is 117 cm³/mol. The monoisotopic (exact) mass is 430 g/mol. The van der Waals surface area contributed by atoms with E-state index in [1.54, 1.807) is 54.6 Å². The molecule has 1 aliphatic rings. The SMILES string of the molecule is COC(=O)c1ccccc1-n1c(=O)c2ccccc2n(Cc2ccc3c(c2)OCO3)c1=O. The molecule has 1 aliphatic heterocycles. The van der Waals surface area contributed by atoms with Crippen LogP contribution in [0, 0.1) is 0 Å². The molecule has 4 aromatic rings. The van der Waals surface area contributed by atoms with Crippen LogP contribution >= 0.6 is 0 Å². The van der Waals surface area contributed by atoms with E-state index in [0.717, 1.165) is 10.1 Å². The van der Waals surface area contributed by atoms with Gasteiger partial charge in [0.25, 0.3) is 5.56 Å². The Balaban J connectivity index is 1.76. The molecule has 0 saturated heterocycles. The lowest BCUT2D eigenvalue weighted by molar-refractivity contribution is 0.0600. The number of carbonyl (C=O) groups is 1. The highest BCUT2D eigenvalue weighted by atomic mass is 16.7. The standard InChI is InChI=1S/C24H18N2O6/c1-30-23(28)17-7-3-5-9-19(17)26-22(27)16-6-2-4-8-18(16)25(24(26)29)13-15-10-11-20-21(12-15)32-14-31-20/h2-12H,13-14H2,1H3. The van der Waals surface area contributed by atoms with Crippen LogP contribution in [0.15, 0.2) is 76.3 Å². The maximum absolute atomic E-state index is 13.6. The highest BCUT2D eigenvalue weighted by molar-refractivity contribution is 5.93. The molecule has 0 N–H and O–H groups in total. The molecule has 0 spiro atoms. The number of methoxy groups -OCH3 is 1. The lowest BCUT2D eigenvalue weighted by Gasteiger charge is -2.16. The Kier molecular flexibility index (Phi) is 4.74. The van der Waals surface area contributed by atoms with Crippen molar-refractivity contribution >= 4 is 16.9 Å². The smallest absolute Gasteiger partial charge is 0.339 e. The molecule has 0 aliphatic carbocycles. The van der Waals surface area contributed by atoms with Crippen LogP contribution in [0.25, 0.3) is 16.6 Å². The Morgan fingerprint density at radius 1 is 0.969 bits per heavy atom. The summed E-state index contributed by atoms with van der Waals surface area (Å²) in [4.78, 5) is 39.3. The maximum atomic E-state index is 13.6. The van der Waals surface area contributed by atoms with Crippen LogP contribution in [0.2, 0.25) is 0 Å². The molecule has 0 bridgehead atoms. The maximum Gasteiger partial charge on any atom is 0.339 e. The number of nitrogens with zero attached hydrogens (tertiary/aromatic N) is 2. The van der Waals surface area contributed by atoms with Crippen molar-refractivity contribution in [3.05, 3.63) is 98.7 Å². The van der Waals surface area contributed by atoms with Crippen molar-refractivity contribution in [1.29, 1.82) is 0 Å². The summed E-state index contributed by atoms with van der Waals surface area (Å²) in [5.41, 5.74) is 0.505. The zero-order valence-electron chi connectivity index (χ0n) is 17.1. The fourth-order valence-corrected chi connectivity index (χ4v) is 3.86. The van der Waals surface area contributed by atoms with Gasteiger partial charge in [-0.15, -0.1) is 0 Å². The first-order chi connectivity index (χ1) is 15.6. The predicted octanol–water partition coefficient (Wildman–Crippen LogP) is 2.72. The van der Waals surface area contributed by atoms with E-state index >= 15 is 0 Å². The third-order valence-electron chi connectivity index (χ3n) is 5.38. The summed E-state index contributed by atoms with van der Waals surface area (Å²) in [7, 11) is 1.25. The molecule has 3 aromatic carbocycles. The van der Waals surface area contributed by atoms with Gasteiger partial charge in [0.15, 0.2) is 11.5 Å². The van der Waals surface area contributed by atoms with Gasteiger partial charge in [0.05, 0.1) is 35.8 Å². The molecule has 0 saturated carbocycles. The number of rotatable bonds is 4. The van der Waals surface area contributed by atoms with Crippen molar-refractivity contribution in [2.45, 2.75) is 6.54 Å². The second-order valence-electron chi connectivity index (χ2n) is 7.22. The van der Waals surface area contributed by atoms with Crippen LogP contribution in [-0.2, 0) is 11.3 Å². The van der Waals surface area contributed by atoms with Crippen molar-refractivity contribution in [2.75, 3.05) is 13.9 Å². The van der Waals surface area contributed by atoms with Gasteiger partial charge in [-0.05, 0) is 42.0 Å². The highest BCUT2D eigenvalue weighted by Crippen LogP contribution is 2.32. The van der Waals surface area contributed by atoms with Crippen molar-refractivity contribution < 1.29 is 19.0 Å². The first-order valence-electron chi connectivity index (χ1n) is 9.89. The first kappa shape index (κ1) is 19.6. The molecular weight excluding hydrogens is 412 g/mol. The quantitative estimate of drug-likeness (QED) is 0.463. The van der Waals surface area contributed by atoms with Crippen LogP contribution in [-0.4, -0.2) is 29.0 Å². The molecule has 0 radical (unpaired) electrons. The van der Waals surface area contributed by atoms with E-state index in [1.165, 1.54) is 17.7 Å². The van der Waals surface area contributed by atoms with Gasteiger partial charge >= 0.3 is 11.7 Å². The largest absolute Gasteiger partial charge is 0.465 e. The topological polar surface area (TPSA) is 88.8 Å². The fraction of sp³-hybridized carbons (Fsp3) is 0.125. The van der Waals surface area contributed by atoms with E-state index in [0.29, 0.717) is 22.4 Å². The number of hydrogen-bond acceptors (Lipinski definition) is 6. The third-order valence-corrected chi connectivity index (χ3v) is 5.38. The molecule has 1 aromatic heterocycles. The number of esters is 1. The lowest BCUT2D eigenvalue weighted by Crippen LogP contribution is -2.40. The van der Waals surface area contributed by atoms with Gasteiger partial charge in [-0.3, -0.25) is 9.36 Å². The van der Waals surface area contributed by atoms with Gasteiger partial charge in [0.2, 0.25) is 6.79 Å². The van der Waals surface area contributed by atoms with Crippen molar-refractivity contribution in [1.82, 2.24) is 9.13 Å². The molecule has 8 nitrogen and oxygen atoms in total. The number of para-hydroxylation sites is 2. The van der Waals surface area contributed by atoms with E-state index in [2.05, 4.69) is 0 Å². The van der Waals surface area contributed by atoms with E-state index in [9.17, 15) is 14.4 Å². The fourth-order valence-electron chi connectivity index (χ4n) is 3.86. The van der Waals surface area contributed by atoms with Crippen LogP contribution in [0.5, 0.6) is 11.5 Å². The minimum absolute atomic E-state index is 0.124. The zero-order valence-corrected chi connectivity index (χ0v) is 17.1. The molecule has 32 heavy (non-hydrogen) atoms. The Bertz CT molecular complexity index is 1480. The molecule has 0 amide bonds. The zero-order chi connectivity index (χ0) is 22.2. The summed E-state index contributed by atoms with van der Waals surface area (Å²) >= 11 is 0. The molecule has 0 fully saturated rings. The minimum Gasteiger partial charge on any atom is -0.465 e. The number of benzene rings is 3. The van der Waals surface area contributed by atoms with Crippen LogP contribution in [0.1, 0.15) is 15.9 Å². The van der Waals surface area contributed by atoms with Gasteiger partial charge in [-0.2, -0.15) is 0 Å². The second-order valence-corrected chi connectivity index (χ2v) is 7.22. The number of hydrogen-bond donors (Lipinski definition) is 0. The lowest BCUT2D eigenvalue weighted by atomic mass is 10.1. The third kappa shape index (κ3) is 3.13. The summed E-state index contributed by atoms with van der Waals surface area (Å²) in [6.45, 7) is 0.341. The average molecular weight is 430 g/mol. The van der Waals surface area contributed by atoms with Gasteiger partial charge in [0.1, 0.15) is 0 Å². The van der Waals surface area contributed by atoms with E-state index in [-0.39, 0.29) is 24.6 Å². The van der Waals surface area contributed by atoms with Gasteiger partial charge < -0.3 is 14.2 Å². The van der Waals surface area contributed by atoms with Crippen molar-refractivity contribution in [3.8, 4) is 17.2 Å². The van der Waals surface area contributed by atoms with Crippen LogP contribution < -0.4 is 20.7 Å². The van der Waals surface area contributed by atoms with Gasteiger partial charge in [0, 0.05) is 0 Å². The molecule has 5 rings (SSSR count). The van der Waals surface area contributed by atoms with Crippen LogP contribution in [0.4, 0.5) is 0 Å². The molecule has 0 atom stereocenters. The van der Waals surface area contributed by atoms with Gasteiger partial charge in [-0.1, -0.05) is 30.3 Å². The minimum atomic E-state index is -0.637. The Morgan fingerprint density at radius 3 is 2.56 bits per heavy atom. The number of fused-ring (bicyclic) bond motifs is 2. The normalized spacial score (nSPS) is 12.2. The Hall–Kier alpha value is -4.33. The molecule has 8 heteroatoms. The number of ether oxygens (including phenoxy) is 3. The Labute approximate surface area is 181 Å². The number of aromatic nitrogens is 2. The number of carbonyl (C=O) groups excluding carboxylic acids is 1. The van der Waals surface area contributed by atoms with Crippen molar-refractivity contribution in [2.24, 2.45) is 0 Å². The van der Waals surface area contributed by atoms with E-state index in [1.807, 2.05) is 6.07 Å². The van der Waals surface area contributed by atoms with Crippen LogP contribution in [0.3, 0.4) is 0 Å². The molecule has 2 heterocycles. The van der Waals surface area contributed by atoms with E-state index < -0.39 is 17.2 Å². The summed E-state index contributed by atoms with van der Waals surface area (Å²) < 4.78 is 18.2. The summed E-state index contributed by atoms with van der Waals surface area (Å²) in [6, 6.07) is 18.7. The highest BCUT2D eigenvalue weighted by Gasteiger charge is 2.20. The average Bonchev–Trinajstić information content (AvgIpc) is 3.30. The summed E-state index contributed by atoms with van der Waals surface area (Å²) in [5.74, 6) is 0.606. The molecular formula is C24H18N2O6. The molecule has 0 unspecified atom stereocenters. The second kappa shape index (κ2) is 7.73. The Morgan fingerprint density at radius 2 is 1.72 bits per heavy atom. The van der Waals surface area contributed by atoms with Gasteiger partial charge in [-0.25, -0.2) is 14.2 Å².